The van der Waals surface area contributed by atoms with Gasteiger partial charge in [-0.2, -0.15) is 0 Å². The lowest BCUT2D eigenvalue weighted by atomic mass is 9.97. The highest BCUT2D eigenvalue weighted by Gasteiger charge is 2.30. The molecule has 0 spiro atoms. The second kappa shape index (κ2) is 8.75. The van der Waals surface area contributed by atoms with Crippen molar-refractivity contribution < 1.29 is 24.1 Å². The van der Waals surface area contributed by atoms with E-state index >= 15 is 0 Å². The molecule has 1 amide bonds. The smallest absolute Gasteiger partial charge is 0.309 e. The molecule has 1 aliphatic rings. The number of carbonyl (C=O) groups excluding carboxylic acids is 2. The fourth-order valence-corrected chi connectivity index (χ4v) is 3.22. The van der Waals surface area contributed by atoms with Crippen molar-refractivity contribution in [3.8, 4) is 0 Å². The van der Waals surface area contributed by atoms with Crippen molar-refractivity contribution in [2.75, 3.05) is 31.6 Å². The van der Waals surface area contributed by atoms with Gasteiger partial charge in [0.15, 0.2) is 6.54 Å². The van der Waals surface area contributed by atoms with Crippen LogP contribution in [-0.4, -0.2) is 43.0 Å². The molecule has 0 aliphatic carbocycles. The van der Waals surface area contributed by atoms with Gasteiger partial charge in [0.05, 0.1) is 30.5 Å². The van der Waals surface area contributed by atoms with Gasteiger partial charge in [0.25, 0.3) is 11.6 Å². The molecule has 1 fully saturated rings. The number of quaternary nitrogens is 1. The van der Waals surface area contributed by atoms with Crippen molar-refractivity contribution in [3.05, 3.63) is 33.4 Å². The highest BCUT2D eigenvalue weighted by atomic mass is 16.6. The zero-order valence-corrected chi connectivity index (χ0v) is 15.5. The number of nitro benzene ring substituents is 1. The molecule has 1 aliphatic heterocycles. The van der Waals surface area contributed by atoms with Crippen molar-refractivity contribution in [2.24, 2.45) is 5.92 Å². The quantitative estimate of drug-likeness (QED) is 0.445. The Morgan fingerprint density at radius 1 is 1.31 bits per heavy atom. The summed E-state index contributed by atoms with van der Waals surface area (Å²) in [4.78, 5) is 35.9. The van der Waals surface area contributed by atoms with Crippen LogP contribution in [0.5, 0.6) is 0 Å². The molecule has 0 atom stereocenters. The molecule has 0 saturated carbocycles. The van der Waals surface area contributed by atoms with Gasteiger partial charge < -0.3 is 15.0 Å². The Kier molecular flexibility index (Phi) is 6.68. The third-order valence-corrected chi connectivity index (χ3v) is 4.90. The van der Waals surface area contributed by atoms with Gasteiger partial charge in [0.2, 0.25) is 0 Å². The number of anilines is 1. The molecule has 0 unspecified atom stereocenters. The van der Waals surface area contributed by atoms with E-state index in [-0.39, 0.29) is 35.7 Å². The summed E-state index contributed by atoms with van der Waals surface area (Å²) in [7, 11) is 0. The average Bonchev–Trinajstić information content (AvgIpc) is 2.59. The first kappa shape index (κ1) is 19.8. The Bertz CT molecular complexity index is 696. The van der Waals surface area contributed by atoms with E-state index in [1.165, 1.54) is 6.07 Å². The highest BCUT2D eigenvalue weighted by molar-refractivity contribution is 5.95. The summed E-state index contributed by atoms with van der Waals surface area (Å²) in [6.45, 7) is 7.39. The Balaban J connectivity index is 1.95. The van der Waals surface area contributed by atoms with E-state index in [0.717, 1.165) is 10.5 Å². The van der Waals surface area contributed by atoms with Crippen LogP contribution in [0.15, 0.2) is 12.1 Å². The number of aryl methyl sites for hydroxylation is 1. The molecule has 142 valence electrons. The molecule has 2 N–H and O–H groups in total. The first-order valence-electron chi connectivity index (χ1n) is 8.88. The minimum absolute atomic E-state index is 0.0955. The van der Waals surface area contributed by atoms with Gasteiger partial charge in [-0.15, -0.1) is 0 Å². The molecule has 1 saturated heterocycles. The fourth-order valence-electron chi connectivity index (χ4n) is 3.22. The molecule has 0 radical (unpaired) electrons. The zero-order valence-electron chi connectivity index (χ0n) is 15.5. The zero-order chi connectivity index (χ0) is 19.3. The topological polar surface area (TPSA) is 103 Å². The van der Waals surface area contributed by atoms with E-state index in [9.17, 15) is 19.7 Å². The van der Waals surface area contributed by atoms with Gasteiger partial charge >= 0.3 is 5.97 Å². The highest BCUT2D eigenvalue weighted by Crippen LogP contribution is 2.30. The van der Waals surface area contributed by atoms with Crippen LogP contribution in [-0.2, 0) is 14.3 Å². The number of amides is 1. The summed E-state index contributed by atoms with van der Waals surface area (Å²) >= 11 is 0. The standard InChI is InChI=1S/C18H25N3O5/c1-4-26-18(23)14-7-9-20(10-8-14)11-16(22)19-17-13(3)12(2)5-6-15(17)21(24)25/h5-6,14H,4,7-11H2,1-3H3,(H,19,22)/p+1. The first-order valence-corrected chi connectivity index (χ1v) is 8.88. The van der Waals surface area contributed by atoms with Crippen molar-refractivity contribution in [2.45, 2.75) is 33.6 Å². The molecular formula is C18H26N3O5+. The number of hydrogen-bond donors (Lipinski definition) is 2. The van der Waals surface area contributed by atoms with E-state index in [4.69, 9.17) is 4.74 Å². The van der Waals surface area contributed by atoms with E-state index in [0.29, 0.717) is 38.1 Å². The van der Waals surface area contributed by atoms with E-state index in [1.807, 2.05) is 6.92 Å². The number of ether oxygens (including phenoxy) is 1. The number of nitrogens with one attached hydrogen (secondary N) is 2. The Morgan fingerprint density at radius 2 is 1.96 bits per heavy atom. The normalized spacial score (nSPS) is 19.7. The lowest BCUT2D eigenvalue weighted by molar-refractivity contribution is -0.897. The second-order valence-corrected chi connectivity index (χ2v) is 6.66. The van der Waals surface area contributed by atoms with Crippen LogP contribution in [0, 0.1) is 29.9 Å². The number of benzene rings is 1. The van der Waals surface area contributed by atoms with Gasteiger partial charge in [-0.05, 0) is 31.9 Å². The largest absolute Gasteiger partial charge is 0.466 e. The summed E-state index contributed by atoms with van der Waals surface area (Å²) in [5.74, 6) is -0.518. The molecule has 0 bridgehead atoms. The molecule has 0 aromatic heterocycles. The Morgan fingerprint density at radius 3 is 2.54 bits per heavy atom. The summed E-state index contributed by atoms with van der Waals surface area (Å²) in [5.41, 5.74) is 1.75. The maximum Gasteiger partial charge on any atom is 0.309 e. The lowest BCUT2D eigenvalue weighted by Crippen LogP contribution is -3.14. The number of carbonyl (C=O) groups is 2. The van der Waals surface area contributed by atoms with Crippen molar-refractivity contribution in [3.63, 3.8) is 0 Å². The fraction of sp³-hybridized carbons (Fsp3) is 0.556. The van der Waals surface area contributed by atoms with E-state index < -0.39 is 4.92 Å². The number of nitrogens with zero attached hydrogens (tertiary/aromatic N) is 1. The van der Waals surface area contributed by atoms with Crippen LogP contribution in [0.2, 0.25) is 0 Å². The van der Waals surface area contributed by atoms with Gasteiger partial charge in [-0.25, -0.2) is 0 Å². The average molecular weight is 364 g/mol. The summed E-state index contributed by atoms with van der Waals surface area (Å²) < 4.78 is 5.05. The minimum Gasteiger partial charge on any atom is -0.466 e. The lowest BCUT2D eigenvalue weighted by Gasteiger charge is -2.27. The van der Waals surface area contributed by atoms with Crippen LogP contribution in [0.4, 0.5) is 11.4 Å². The molecule has 8 nitrogen and oxygen atoms in total. The van der Waals surface area contributed by atoms with E-state index in [1.54, 1.807) is 19.9 Å². The van der Waals surface area contributed by atoms with Gasteiger partial charge in [0, 0.05) is 18.9 Å². The van der Waals surface area contributed by atoms with Crippen molar-refractivity contribution in [1.82, 2.24) is 0 Å². The number of rotatable bonds is 6. The summed E-state index contributed by atoms with van der Waals surface area (Å²) in [5, 5.41) is 13.9. The van der Waals surface area contributed by atoms with Crippen molar-refractivity contribution >= 4 is 23.3 Å². The second-order valence-electron chi connectivity index (χ2n) is 6.66. The number of piperidine rings is 1. The third-order valence-electron chi connectivity index (χ3n) is 4.90. The predicted octanol–water partition coefficient (Wildman–Crippen LogP) is 1.01. The minimum atomic E-state index is -0.486. The molecule has 26 heavy (non-hydrogen) atoms. The number of esters is 1. The first-order chi connectivity index (χ1) is 12.3. The maximum atomic E-state index is 12.4. The molecular weight excluding hydrogens is 338 g/mol. The molecule has 1 aromatic carbocycles. The SMILES string of the molecule is CCOC(=O)C1CC[NH+](CC(=O)Nc2c([N+](=O)[O-])ccc(C)c2C)CC1. The molecule has 8 heteroatoms. The van der Waals surface area contributed by atoms with Crippen LogP contribution in [0.25, 0.3) is 0 Å². The number of likely N-dealkylation sites (tertiary alicyclic amines) is 1. The molecule has 1 heterocycles. The Hall–Kier alpha value is -2.48. The van der Waals surface area contributed by atoms with Crippen LogP contribution in [0.3, 0.4) is 0 Å². The number of nitro groups is 1. The van der Waals surface area contributed by atoms with Crippen LogP contribution >= 0.6 is 0 Å². The Labute approximate surface area is 152 Å². The predicted molar refractivity (Wildman–Crippen MR) is 96.1 cm³/mol. The summed E-state index contributed by atoms with van der Waals surface area (Å²) in [6.07, 6.45) is 1.37. The molecule has 1 aromatic rings. The van der Waals surface area contributed by atoms with Crippen LogP contribution < -0.4 is 10.2 Å². The van der Waals surface area contributed by atoms with Gasteiger partial charge in [0.1, 0.15) is 5.69 Å². The molecule has 2 rings (SSSR count). The summed E-state index contributed by atoms with van der Waals surface area (Å²) in [6, 6.07) is 3.09. The van der Waals surface area contributed by atoms with Crippen molar-refractivity contribution in [1.29, 1.82) is 0 Å². The van der Waals surface area contributed by atoms with E-state index in [2.05, 4.69) is 5.32 Å². The van der Waals surface area contributed by atoms with Gasteiger partial charge in [-0.1, -0.05) is 6.07 Å². The monoisotopic (exact) mass is 364 g/mol. The van der Waals surface area contributed by atoms with Gasteiger partial charge in [-0.3, -0.25) is 19.7 Å². The maximum absolute atomic E-state index is 12.4. The van der Waals surface area contributed by atoms with Crippen LogP contribution in [0.1, 0.15) is 30.9 Å². The number of hydrogen-bond acceptors (Lipinski definition) is 5. The third kappa shape index (κ3) is 4.78.